The van der Waals surface area contributed by atoms with Crippen molar-refractivity contribution in [2.75, 3.05) is 27.3 Å². The van der Waals surface area contributed by atoms with E-state index in [1.54, 1.807) is 7.11 Å². The Kier molecular flexibility index (Phi) is 5.44. The number of benzene rings is 1. The highest BCUT2D eigenvalue weighted by atomic mass is 35.5. The molecule has 4 nitrogen and oxygen atoms in total. The van der Waals surface area contributed by atoms with Crippen molar-refractivity contribution in [3.63, 3.8) is 0 Å². The molecule has 1 aliphatic rings. The number of ether oxygens (including phenoxy) is 2. The first-order chi connectivity index (χ1) is 8.27. The van der Waals surface area contributed by atoms with E-state index < -0.39 is 0 Å². The molecule has 1 aromatic carbocycles. The van der Waals surface area contributed by atoms with Gasteiger partial charge in [-0.15, -0.1) is 12.4 Å². The topological polar surface area (TPSA) is 47.6 Å². The minimum atomic E-state index is -0.161. The van der Waals surface area contributed by atoms with Crippen LogP contribution in [0.1, 0.15) is 11.5 Å². The van der Waals surface area contributed by atoms with E-state index >= 15 is 0 Å². The molecule has 1 aliphatic heterocycles. The Morgan fingerprint density at radius 3 is 2.67 bits per heavy atom. The summed E-state index contributed by atoms with van der Waals surface area (Å²) < 4.78 is 10.2. The van der Waals surface area contributed by atoms with Crippen LogP contribution in [0.4, 0.5) is 0 Å². The number of carbonyl (C=O) groups excluding carboxylic acids is 1. The molecule has 0 spiro atoms. The van der Waals surface area contributed by atoms with Gasteiger partial charge in [0, 0.05) is 19.0 Å². The first kappa shape index (κ1) is 14.8. The number of halogens is 1. The van der Waals surface area contributed by atoms with Gasteiger partial charge in [0.2, 0.25) is 0 Å². The molecule has 5 heteroatoms. The summed E-state index contributed by atoms with van der Waals surface area (Å²) in [4.78, 5) is 11.7. The zero-order chi connectivity index (χ0) is 12.3. The summed E-state index contributed by atoms with van der Waals surface area (Å²) in [6, 6.07) is 7.82. The van der Waals surface area contributed by atoms with E-state index in [1.165, 1.54) is 7.11 Å². The second-order valence-electron chi connectivity index (χ2n) is 4.14. The molecule has 1 fully saturated rings. The molecule has 1 aromatic rings. The van der Waals surface area contributed by atoms with Crippen molar-refractivity contribution >= 4 is 18.4 Å². The molecule has 18 heavy (non-hydrogen) atoms. The third-order valence-electron chi connectivity index (χ3n) is 3.26. The van der Waals surface area contributed by atoms with Gasteiger partial charge in [-0.2, -0.15) is 0 Å². The number of hydrogen-bond acceptors (Lipinski definition) is 4. The van der Waals surface area contributed by atoms with E-state index in [0.717, 1.165) is 17.9 Å². The second-order valence-corrected chi connectivity index (χ2v) is 4.14. The molecule has 0 aliphatic carbocycles. The van der Waals surface area contributed by atoms with Crippen LogP contribution >= 0.6 is 12.4 Å². The van der Waals surface area contributed by atoms with Crippen LogP contribution in [0, 0.1) is 5.92 Å². The number of methoxy groups -OCH3 is 2. The Balaban J connectivity index is 0.00000162. The van der Waals surface area contributed by atoms with Crippen molar-refractivity contribution < 1.29 is 14.3 Å². The van der Waals surface area contributed by atoms with Gasteiger partial charge in [0.25, 0.3) is 0 Å². The molecular formula is C13H18ClNO3. The lowest BCUT2D eigenvalue weighted by Crippen LogP contribution is -2.23. The number of nitrogens with one attached hydrogen (secondary N) is 1. The van der Waals surface area contributed by atoms with Gasteiger partial charge in [0.1, 0.15) is 5.75 Å². The van der Waals surface area contributed by atoms with Crippen LogP contribution in [0.25, 0.3) is 0 Å². The molecule has 0 radical (unpaired) electrons. The molecule has 2 rings (SSSR count). The van der Waals surface area contributed by atoms with E-state index in [1.807, 2.05) is 24.3 Å². The minimum absolute atomic E-state index is 0. The normalized spacial score (nSPS) is 22.1. The van der Waals surface area contributed by atoms with Crippen LogP contribution in [-0.2, 0) is 9.53 Å². The third kappa shape index (κ3) is 2.76. The van der Waals surface area contributed by atoms with E-state index in [9.17, 15) is 4.79 Å². The van der Waals surface area contributed by atoms with E-state index in [4.69, 9.17) is 9.47 Å². The molecule has 2 unspecified atom stereocenters. The van der Waals surface area contributed by atoms with Crippen LogP contribution < -0.4 is 10.1 Å². The summed E-state index contributed by atoms with van der Waals surface area (Å²) in [5.41, 5.74) is 1.07. The van der Waals surface area contributed by atoms with Gasteiger partial charge in [-0.3, -0.25) is 4.79 Å². The number of para-hydroxylation sites is 1. The fourth-order valence-corrected chi connectivity index (χ4v) is 2.38. The molecule has 0 saturated carbocycles. The average molecular weight is 272 g/mol. The lowest BCUT2D eigenvalue weighted by atomic mass is 9.88. The van der Waals surface area contributed by atoms with Gasteiger partial charge >= 0.3 is 5.97 Å². The van der Waals surface area contributed by atoms with Gasteiger partial charge in [-0.05, 0) is 11.6 Å². The van der Waals surface area contributed by atoms with E-state index in [-0.39, 0.29) is 30.2 Å². The average Bonchev–Trinajstić information content (AvgIpc) is 2.86. The number of esters is 1. The number of carbonyl (C=O) groups is 1. The summed E-state index contributed by atoms with van der Waals surface area (Å²) in [6.07, 6.45) is 0. The molecule has 100 valence electrons. The predicted molar refractivity (Wildman–Crippen MR) is 71.4 cm³/mol. The summed E-state index contributed by atoms with van der Waals surface area (Å²) in [5.74, 6) is 0.663. The molecule has 1 heterocycles. The van der Waals surface area contributed by atoms with Gasteiger partial charge in [-0.25, -0.2) is 0 Å². The zero-order valence-electron chi connectivity index (χ0n) is 10.5. The SMILES string of the molecule is COC(=O)C1CNCC1c1ccccc1OC.Cl. The Morgan fingerprint density at radius 1 is 1.28 bits per heavy atom. The van der Waals surface area contributed by atoms with Crippen LogP contribution in [0.15, 0.2) is 24.3 Å². The maximum atomic E-state index is 11.7. The second kappa shape index (κ2) is 6.61. The van der Waals surface area contributed by atoms with Gasteiger partial charge in [0.05, 0.1) is 20.1 Å². The lowest BCUT2D eigenvalue weighted by Gasteiger charge is -2.19. The fourth-order valence-electron chi connectivity index (χ4n) is 2.38. The maximum absolute atomic E-state index is 11.7. The molecule has 0 aromatic heterocycles. The summed E-state index contributed by atoms with van der Waals surface area (Å²) >= 11 is 0. The van der Waals surface area contributed by atoms with Gasteiger partial charge < -0.3 is 14.8 Å². The predicted octanol–water partition coefficient (Wildman–Crippen LogP) is 1.59. The quantitative estimate of drug-likeness (QED) is 0.849. The zero-order valence-corrected chi connectivity index (χ0v) is 11.3. The molecule has 0 bridgehead atoms. The standard InChI is InChI=1S/C13H17NO3.ClH/c1-16-12-6-4-3-5-9(12)10-7-14-8-11(10)13(15)17-2;/h3-6,10-11,14H,7-8H2,1-2H3;1H. The van der Waals surface area contributed by atoms with Crippen LogP contribution in [0.5, 0.6) is 5.75 Å². The van der Waals surface area contributed by atoms with Crippen molar-refractivity contribution in [2.45, 2.75) is 5.92 Å². The van der Waals surface area contributed by atoms with E-state index in [2.05, 4.69) is 5.32 Å². The van der Waals surface area contributed by atoms with E-state index in [0.29, 0.717) is 6.54 Å². The van der Waals surface area contributed by atoms with Gasteiger partial charge in [0.15, 0.2) is 0 Å². The molecule has 2 atom stereocenters. The van der Waals surface area contributed by atoms with Crippen LogP contribution in [0.3, 0.4) is 0 Å². The minimum Gasteiger partial charge on any atom is -0.496 e. The highest BCUT2D eigenvalue weighted by molar-refractivity contribution is 5.85. The van der Waals surface area contributed by atoms with Crippen molar-refractivity contribution in [1.29, 1.82) is 0 Å². The summed E-state index contributed by atoms with van der Waals surface area (Å²) in [5, 5.41) is 3.23. The largest absolute Gasteiger partial charge is 0.496 e. The van der Waals surface area contributed by atoms with Crippen LogP contribution in [-0.4, -0.2) is 33.3 Å². The third-order valence-corrected chi connectivity index (χ3v) is 3.26. The van der Waals surface area contributed by atoms with Gasteiger partial charge in [-0.1, -0.05) is 18.2 Å². The highest BCUT2D eigenvalue weighted by Gasteiger charge is 2.36. The lowest BCUT2D eigenvalue weighted by molar-refractivity contribution is -0.145. The molecule has 1 N–H and O–H groups in total. The Morgan fingerprint density at radius 2 is 2.00 bits per heavy atom. The highest BCUT2D eigenvalue weighted by Crippen LogP contribution is 2.34. The monoisotopic (exact) mass is 271 g/mol. The molecule has 0 amide bonds. The fraction of sp³-hybridized carbons (Fsp3) is 0.462. The maximum Gasteiger partial charge on any atom is 0.310 e. The number of hydrogen-bond donors (Lipinski definition) is 1. The summed E-state index contributed by atoms with van der Waals surface area (Å²) in [7, 11) is 3.08. The Bertz CT molecular complexity index is 411. The smallest absolute Gasteiger partial charge is 0.310 e. The molecule has 1 saturated heterocycles. The Hall–Kier alpha value is -1.26. The van der Waals surface area contributed by atoms with Crippen molar-refractivity contribution in [1.82, 2.24) is 5.32 Å². The van der Waals surface area contributed by atoms with Crippen LogP contribution in [0.2, 0.25) is 0 Å². The molecular weight excluding hydrogens is 254 g/mol. The first-order valence-corrected chi connectivity index (χ1v) is 5.69. The number of rotatable bonds is 3. The summed E-state index contributed by atoms with van der Waals surface area (Å²) in [6.45, 7) is 1.44. The van der Waals surface area contributed by atoms with Crippen molar-refractivity contribution in [2.24, 2.45) is 5.92 Å². The van der Waals surface area contributed by atoms with Crippen molar-refractivity contribution in [3.05, 3.63) is 29.8 Å². The Labute approximate surface area is 113 Å². The first-order valence-electron chi connectivity index (χ1n) is 5.69. The van der Waals surface area contributed by atoms with Crippen molar-refractivity contribution in [3.8, 4) is 5.75 Å².